The number of nitrogens with one attached hydrogen (secondary N) is 3. The Bertz CT molecular complexity index is 1580. The summed E-state index contributed by atoms with van der Waals surface area (Å²) in [6.45, 7) is 4.62. The zero-order chi connectivity index (χ0) is 27.1. The van der Waals surface area contributed by atoms with E-state index in [4.69, 9.17) is 4.42 Å². The standard InChI is InChI=1S/C31H31FN4O3/c1-31(2)15-24-29(26(37)16-31)30(27-8-5-13-39-27)36(25-7-4-3-6-23(25)35-24)18-28(38)33-12-11-19-17-34-22-10-9-20(32)14-21(19)22/h3-10,13-14,17,30,34-35H,11-12,15-16,18H2,1-2H3,(H,33,38). The third-order valence-electron chi connectivity index (χ3n) is 7.58. The molecular formula is C31H31FN4O3. The van der Waals surface area contributed by atoms with Crippen LogP contribution in [0.5, 0.6) is 0 Å². The summed E-state index contributed by atoms with van der Waals surface area (Å²) < 4.78 is 19.6. The number of aromatic amines is 1. The van der Waals surface area contributed by atoms with Gasteiger partial charge in [0.05, 0.1) is 24.2 Å². The maximum Gasteiger partial charge on any atom is 0.239 e. The zero-order valence-electron chi connectivity index (χ0n) is 22.0. The highest BCUT2D eigenvalue weighted by Crippen LogP contribution is 2.48. The topological polar surface area (TPSA) is 90.4 Å². The third kappa shape index (κ3) is 4.82. The highest BCUT2D eigenvalue weighted by atomic mass is 19.1. The van der Waals surface area contributed by atoms with Gasteiger partial charge in [-0.1, -0.05) is 26.0 Å². The van der Waals surface area contributed by atoms with Crippen molar-refractivity contribution in [2.24, 2.45) is 5.41 Å². The number of aromatic nitrogens is 1. The lowest BCUT2D eigenvalue weighted by molar-refractivity contribution is -0.120. The summed E-state index contributed by atoms with van der Waals surface area (Å²) in [6.07, 6.45) is 5.14. The molecule has 3 N–H and O–H groups in total. The Hall–Kier alpha value is -4.33. The van der Waals surface area contributed by atoms with E-state index in [9.17, 15) is 14.0 Å². The number of rotatable bonds is 6. The molecule has 1 aliphatic carbocycles. The monoisotopic (exact) mass is 526 g/mol. The van der Waals surface area contributed by atoms with E-state index >= 15 is 0 Å². The molecule has 2 aromatic heterocycles. The Balaban J connectivity index is 1.29. The SMILES string of the molecule is CC1(C)CC(=O)C2=C(C1)Nc1ccccc1N(CC(=O)NCCc1c[nH]c3ccc(F)cc13)C2c1ccco1. The van der Waals surface area contributed by atoms with Gasteiger partial charge in [-0.05, 0) is 66.3 Å². The van der Waals surface area contributed by atoms with E-state index in [2.05, 4.69) is 29.5 Å². The number of para-hydroxylation sites is 2. The average molecular weight is 527 g/mol. The van der Waals surface area contributed by atoms with Gasteiger partial charge in [0.15, 0.2) is 5.78 Å². The van der Waals surface area contributed by atoms with Crippen LogP contribution in [0.4, 0.5) is 15.8 Å². The second-order valence-corrected chi connectivity index (χ2v) is 11.1. The van der Waals surface area contributed by atoms with Crippen LogP contribution in [0, 0.1) is 11.2 Å². The number of hydrogen-bond acceptors (Lipinski definition) is 5. The average Bonchev–Trinajstić information content (AvgIpc) is 3.53. The number of furan rings is 1. The minimum atomic E-state index is -0.544. The number of carbonyl (C=O) groups excluding carboxylic acids is 2. The molecule has 1 aliphatic heterocycles. The summed E-state index contributed by atoms with van der Waals surface area (Å²) in [4.78, 5) is 32.1. The molecule has 4 aromatic rings. The van der Waals surface area contributed by atoms with Gasteiger partial charge >= 0.3 is 0 Å². The maximum absolute atomic E-state index is 13.8. The molecule has 39 heavy (non-hydrogen) atoms. The highest BCUT2D eigenvalue weighted by molar-refractivity contribution is 6.01. The second-order valence-electron chi connectivity index (χ2n) is 11.1. The molecule has 0 radical (unpaired) electrons. The number of fused-ring (bicyclic) bond motifs is 2. The largest absolute Gasteiger partial charge is 0.467 e. The van der Waals surface area contributed by atoms with Gasteiger partial charge in [-0.25, -0.2) is 4.39 Å². The lowest BCUT2D eigenvalue weighted by Crippen LogP contribution is -2.42. The lowest BCUT2D eigenvalue weighted by Gasteiger charge is -2.36. The molecule has 2 aliphatic rings. The molecule has 1 unspecified atom stereocenters. The molecule has 6 rings (SSSR count). The number of anilines is 2. The fourth-order valence-corrected chi connectivity index (χ4v) is 5.87. The molecule has 1 atom stereocenters. The Morgan fingerprint density at radius 2 is 2.00 bits per heavy atom. The van der Waals surface area contributed by atoms with E-state index in [1.807, 2.05) is 41.4 Å². The van der Waals surface area contributed by atoms with Crippen LogP contribution in [-0.2, 0) is 16.0 Å². The quantitative estimate of drug-likeness (QED) is 0.292. The lowest BCUT2D eigenvalue weighted by atomic mass is 9.74. The predicted molar refractivity (Wildman–Crippen MR) is 149 cm³/mol. The van der Waals surface area contributed by atoms with Gasteiger partial charge < -0.3 is 24.9 Å². The molecule has 0 spiro atoms. The van der Waals surface area contributed by atoms with Crippen molar-refractivity contribution < 1.29 is 18.4 Å². The van der Waals surface area contributed by atoms with Crippen LogP contribution >= 0.6 is 0 Å². The van der Waals surface area contributed by atoms with Gasteiger partial charge in [0.2, 0.25) is 5.91 Å². The predicted octanol–water partition coefficient (Wildman–Crippen LogP) is 5.88. The number of benzene rings is 2. The van der Waals surface area contributed by atoms with Gasteiger partial charge in [0.25, 0.3) is 0 Å². The molecule has 8 heteroatoms. The first-order valence-electron chi connectivity index (χ1n) is 13.2. The van der Waals surface area contributed by atoms with Crippen LogP contribution in [0.15, 0.2) is 82.7 Å². The van der Waals surface area contributed by atoms with Crippen molar-refractivity contribution in [2.45, 2.75) is 39.2 Å². The number of amides is 1. The van der Waals surface area contributed by atoms with Gasteiger partial charge in [0.1, 0.15) is 17.6 Å². The van der Waals surface area contributed by atoms with Crippen LogP contribution in [0.25, 0.3) is 10.9 Å². The van der Waals surface area contributed by atoms with Crippen molar-refractivity contribution in [3.8, 4) is 0 Å². The fraction of sp³-hybridized carbons (Fsp3) is 0.290. The molecule has 2 aromatic carbocycles. The number of hydrogen-bond donors (Lipinski definition) is 3. The van der Waals surface area contributed by atoms with Crippen molar-refractivity contribution in [1.29, 1.82) is 0 Å². The Kier molecular flexibility index (Phi) is 6.25. The van der Waals surface area contributed by atoms with Crippen molar-refractivity contribution in [3.05, 3.63) is 95.5 Å². The molecule has 0 saturated carbocycles. The van der Waals surface area contributed by atoms with Crippen LogP contribution in [0.2, 0.25) is 0 Å². The maximum atomic E-state index is 13.8. The van der Waals surface area contributed by atoms with E-state index in [1.54, 1.807) is 18.4 Å². The first-order chi connectivity index (χ1) is 18.8. The Morgan fingerprint density at radius 1 is 1.15 bits per heavy atom. The fourth-order valence-electron chi connectivity index (χ4n) is 5.87. The number of Topliss-reactive ketones (excluding diaryl/α,β-unsaturated/α-hetero) is 1. The molecular weight excluding hydrogens is 495 g/mol. The number of halogens is 1. The first-order valence-corrected chi connectivity index (χ1v) is 13.2. The van der Waals surface area contributed by atoms with Crippen LogP contribution < -0.4 is 15.5 Å². The van der Waals surface area contributed by atoms with Gasteiger partial charge in [0, 0.05) is 41.3 Å². The third-order valence-corrected chi connectivity index (χ3v) is 7.58. The van der Waals surface area contributed by atoms with Gasteiger partial charge in [-0.3, -0.25) is 9.59 Å². The molecule has 200 valence electrons. The summed E-state index contributed by atoms with van der Waals surface area (Å²) in [7, 11) is 0. The van der Waals surface area contributed by atoms with Crippen molar-refractivity contribution in [3.63, 3.8) is 0 Å². The number of nitrogens with zero attached hydrogens (tertiary/aromatic N) is 1. The van der Waals surface area contributed by atoms with Crippen molar-refractivity contribution in [2.75, 3.05) is 23.3 Å². The van der Waals surface area contributed by atoms with E-state index in [0.717, 1.165) is 33.5 Å². The number of carbonyl (C=O) groups is 2. The number of H-pyrrole nitrogens is 1. The molecule has 1 amide bonds. The molecule has 7 nitrogen and oxygen atoms in total. The van der Waals surface area contributed by atoms with E-state index in [-0.39, 0.29) is 29.5 Å². The highest BCUT2D eigenvalue weighted by Gasteiger charge is 2.42. The van der Waals surface area contributed by atoms with Crippen LogP contribution in [-0.4, -0.2) is 29.8 Å². The summed E-state index contributed by atoms with van der Waals surface area (Å²) in [6, 6.07) is 15.6. The van der Waals surface area contributed by atoms with Crippen molar-refractivity contribution >= 4 is 34.0 Å². The summed E-state index contributed by atoms with van der Waals surface area (Å²) in [5.41, 5.74) is 4.81. The number of ketones is 1. The Labute approximate surface area is 226 Å². The van der Waals surface area contributed by atoms with E-state index in [0.29, 0.717) is 37.1 Å². The summed E-state index contributed by atoms with van der Waals surface area (Å²) >= 11 is 0. The van der Waals surface area contributed by atoms with Crippen molar-refractivity contribution in [1.82, 2.24) is 10.3 Å². The molecule has 0 bridgehead atoms. The normalized spacial score (nSPS) is 18.4. The van der Waals surface area contributed by atoms with Gasteiger partial charge in [-0.2, -0.15) is 0 Å². The van der Waals surface area contributed by atoms with Crippen LogP contribution in [0.3, 0.4) is 0 Å². The first kappa shape index (κ1) is 25.0. The molecule has 3 heterocycles. The molecule has 0 fully saturated rings. The second kappa shape index (κ2) is 9.76. The summed E-state index contributed by atoms with van der Waals surface area (Å²) in [5.74, 6) is 0.196. The molecule has 0 saturated heterocycles. The van der Waals surface area contributed by atoms with E-state index in [1.165, 1.54) is 12.1 Å². The van der Waals surface area contributed by atoms with Gasteiger partial charge in [-0.15, -0.1) is 0 Å². The number of allylic oxidation sites excluding steroid dienone is 1. The Morgan fingerprint density at radius 3 is 2.82 bits per heavy atom. The van der Waals surface area contributed by atoms with Crippen LogP contribution in [0.1, 0.15) is 44.1 Å². The van der Waals surface area contributed by atoms with E-state index < -0.39 is 6.04 Å². The summed E-state index contributed by atoms with van der Waals surface area (Å²) in [5, 5.41) is 7.37. The smallest absolute Gasteiger partial charge is 0.239 e. The minimum absolute atomic E-state index is 0.0278. The zero-order valence-corrected chi connectivity index (χ0v) is 22.0. The minimum Gasteiger partial charge on any atom is -0.467 e.